The van der Waals surface area contributed by atoms with Gasteiger partial charge in [-0.15, -0.1) is 0 Å². The highest BCUT2D eigenvalue weighted by Crippen LogP contribution is 2.30. The lowest BCUT2D eigenvalue weighted by atomic mass is 10.1. The highest BCUT2D eigenvalue weighted by molar-refractivity contribution is 7.22. The molecule has 0 saturated heterocycles. The Hall–Kier alpha value is -3.45. The zero-order valence-electron chi connectivity index (χ0n) is 15.9. The molecule has 0 radical (unpaired) electrons. The zero-order valence-corrected chi connectivity index (χ0v) is 16.8. The molecule has 3 heterocycles. The van der Waals surface area contributed by atoms with Gasteiger partial charge in [0.05, 0.1) is 27.9 Å². The maximum atomic E-state index is 12.8. The van der Waals surface area contributed by atoms with Gasteiger partial charge in [0, 0.05) is 16.5 Å². The summed E-state index contributed by atoms with van der Waals surface area (Å²) >= 11 is 1.41. The van der Waals surface area contributed by atoms with Crippen LogP contribution in [0.1, 0.15) is 23.1 Å². The first kappa shape index (κ1) is 17.6. The Morgan fingerprint density at radius 2 is 1.93 bits per heavy atom. The fraction of sp³-hybridized carbons (Fsp3) is 0.136. The van der Waals surface area contributed by atoms with Crippen LogP contribution in [0.4, 0.5) is 5.13 Å². The number of rotatable bonds is 4. The number of hydrogen-bond donors (Lipinski definition) is 2. The third-order valence-electron chi connectivity index (χ3n) is 4.72. The predicted octanol–water partition coefficient (Wildman–Crippen LogP) is 5.29. The van der Waals surface area contributed by atoms with Crippen LogP contribution < -0.4 is 10.1 Å². The summed E-state index contributed by atoms with van der Waals surface area (Å²) in [5.74, 6) is 0.523. The first-order valence-corrected chi connectivity index (χ1v) is 10.2. The number of ether oxygens (including phenoxy) is 1. The summed E-state index contributed by atoms with van der Waals surface area (Å²) in [5.41, 5.74) is 3.97. The lowest BCUT2D eigenvalue weighted by Gasteiger charge is -2.01. The maximum absolute atomic E-state index is 12.8. The van der Waals surface area contributed by atoms with E-state index in [-0.39, 0.29) is 5.91 Å². The summed E-state index contributed by atoms with van der Waals surface area (Å²) in [5, 5.41) is 5.40. The molecule has 0 aliphatic heterocycles. The van der Waals surface area contributed by atoms with E-state index in [1.54, 1.807) is 6.07 Å². The molecule has 0 saturated carbocycles. The first-order valence-electron chi connectivity index (χ1n) is 9.34. The predicted molar refractivity (Wildman–Crippen MR) is 117 cm³/mol. The maximum Gasteiger partial charge on any atom is 0.276 e. The van der Waals surface area contributed by atoms with Gasteiger partial charge in [0.15, 0.2) is 5.13 Å². The van der Waals surface area contributed by atoms with Crippen molar-refractivity contribution in [2.45, 2.75) is 13.8 Å². The Morgan fingerprint density at radius 1 is 1.10 bits per heavy atom. The number of benzene rings is 2. The number of aryl methyl sites for hydroxylation is 1. The number of carbonyl (C=O) groups excluding carboxylic acids is 1. The van der Waals surface area contributed by atoms with Gasteiger partial charge in [-0.25, -0.2) is 9.97 Å². The molecule has 0 bridgehead atoms. The van der Waals surface area contributed by atoms with Crippen molar-refractivity contribution in [2.24, 2.45) is 0 Å². The summed E-state index contributed by atoms with van der Waals surface area (Å²) in [6.07, 6.45) is 0. The number of hydrogen-bond acceptors (Lipinski definition) is 5. The molecule has 0 aliphatic rings. The number of carbonyl (C=O) groups is 1. The van der Waals surface area contributed by atoms with Gasteiger partial charge < -0.3 is 9.72 Å². The van der Waals surface area contributed by atoms with Gasteiger partial charge in [0.25, 0.3) is 5.91 Å². The zero-order chi connectivity index (χ0) is 20.0. The van der Waals surface area contributed by atoms with Crippen LogP contribution in [0, 0.1) is 6.92 Å². The summed E-state index contributed by atoms with van der Waals surface area (Å²) in [6.45, 7) is 4.55. The van der Waals surface area contributed by atoms with Gasteiger partial charge >= 0.3 is 0 Å². The fourth-order valence-electron chi connectivity index (χ4n) is 3.38. The van der Waals surface area contributed by atoms with Crippen LogP contribution in [0.2, 0.25) is 0 Å². The number of nitrogens with zero attached hydrogens (tertiary/aromatic N) is 2. The number of amides is 1. The second kappa shape index (κ2) is 6.86. The molecule has 2 N–H and O–H groups in total. The number of pyridine rings is 1. The lowest BCUT2D eigenvalue weighted by molar-refractivity contribution is 0.102. The van der Waals surface area contributed by atoms with Crippen molar-refractivity contribution in [1.29, 1.82) is 0 Å². The van der Waals surface area contributed by atoms with E-state index < -0.39 is 0 Å². The largest absolute Gasteiger partial charge is 0.494 e. The number of aromatic nitrogens is 3. The number of thiazole rings is 1. The summed E-state index contributed by atoms with van der Waals surface area (Å²) in [6, 6.07) is 15.6. The van der Waals surface area contributed by atoms with Gasteiger partial charge in [0.1, 0.15) is 11.4 Å². The molecular weight excluding hydrogens is 384 g/mol. The van der Waals surface area contributed by atoms with Crippen molar-refractivity contribution in [3.05, 3.63) is 59.9 Å². The molecule has 0 spiro atoms. The van der Waals surface area contributed by atoms with Gasteiger partial charge in [-0.3, -0.25) is 10.1 Å². The highest BCUT2D eigenvalue weighted by Gasteiger charge is 2.15. The Labute approximate surface area is 170 Å². The molecular formula is C22H18N4O2S. The second-order valence-electron chi connectivity index (χ2n) is 6.79. The molecule has 0 aliphatic carbocycles. The Morgan fingerprint density at radius 3 is 2.79 bits per heavy atom. The van der Waals surface area contributed by atoms with Crippen molar-refractivity contribution in [3.8, 4) is 5.75 Å². The van der Waals surface area contributed by atoms with E-state index in [4.69, 9.17) is 4.74 Å². The van der Waals surface area contributed by atoms with Crippen molar-refractivity contribution in [2.75, 3.05) is 11.9 Å². The smallest absolute Gasteiger partial charge is 0.276 e. The molecule has 0 fully saturated rings. The average molecular weight is 402 g/mol. The highest BCUT2D eigenvalue weighted by atomic mass is 32.1. The van der Waals surface area contributed by atoms with E-state index >= 15 is 0 Å². The van der Waals surface area contributed by atoms with Crippen LogP contribution in [0.25, 0.3) is 32.0 Å². The monoisotopic (exact) mass is 402 g/mol. The van der Waals surface area contributed by atoms with E-state index in [2.05, 4.69) is 20.3 Å². The quantitative estimate of drug-likeness (QED) is 0.428. The van der Waals surface area contributed by atoms with Crippen LogP contribution >= 0.6 is 11.3 Å². The number of aromatic amines is 1. The first-order chi connectivity index (χ1) is 14.1. The van der Waals surface area contributed by atoms with Gasteiger partial charge in [-0.1, -0.05) is 29.5 Å². The van der Waals surface area contributed by atoms with E-state index in [1.165, 1.54) is 11.3 Å². The topological polar surface area (TPSA) is 79.9 Å². The van der Waals surface area contributed by atoms with Gasteiger partial charge in [-0.2, -0.15) is 0 Å². The number of nitrogens with one attached hydrogen (secondary N) is 2. The minimum Gasteiger partial charge on any atom is -0.494 e. The molecule has 144 valence electrons. The molecule has 6 nitrogen and oxygen atoms in total. The van der Waals surface area contributed by atoms with Crippen LogP contribution in [0.3, 0.4) is 0 Å². The molecule has 5 rings (SSSR count). The standard InChI is InChI=1S/C22H18N4O2S/c1-3-28-15-8-9-16-18(11-15)29-22(25-16)26-21(27)17-10-14-7-6-13-5-4-12(2)23-19(13)20(14)24-17/h4-11,23H,3H2,1-2H3,(H,25,26,27). The van der Waals surface area contributed by atoms with Crippen LogP contribution in [-0.2, 0) is 0 Å². The Bertz CT molecular complexity index is 1390. The SMILES string of the molecule is CCOc1ccc2nc(NC(=O)c3cc4ccc5ccc(C)[nH]c5c4n3)sc2c1. The van der Waals surface area contributed by atoms with Crippen LogP contribution in [-0.4, -0.2) is 27.5 Å². The van der Waals surface area contributed by atoms with E-state index in [9.17, 15) is 4.79 Å². The molecule has 29 heavy (non-hydrogen) atoms. The molecule has 2 aromatic carbocycles. The van der Waals surface area contributed by atoms with Crippen molar-refractivity contribution in [1.82, 2.24) is 15.0 Å². The number of H-pyrrole nitrogens is 1. The number of fused-ring (bicyclic) bond motifs is 4. The number of anilines is 1. The molecule has 3 aromatic heterocycles. The van der Waals surface area contributed by atoms with Crippen molar-refractivity contribution >= 4 is 54.4 Å². The van der Waals surface area contributed by atoms with Crippen molar-refractivity contribution in [3.63, 3.8) is 0 Å². The van der Waals surface area contributed by atoms with Crippen LogP contribution in [0.5, 0.6) is 5.75 Å². The molecule has 5 aromatic rings. The second-order valence-corrected chi connectivity index (χ2v) is 7.82. The third kappa shape index (κ3) is 3.19. The van der Waals surface area contributed by atoms with Crippen molar-refractivity contribution < 1.29 is 9.53 Å². The van der Waals surface area contributed by atoms with E-state index in [1.807, 2.05) is 56.3 Å². The normalized spacial score (nSPS) is 11.4. The molecule has 1 amide bonds. The van der Waals surface area contributed by atoms with E-state index in [0.29, 0.717) is 17.4 Å². The molecule has 0 unspecified atom stereocenters. The molecule has 7 heteroatoms. The molecule has 0 atom stereocenters. The Balaban J connectivity index is 1.47. The Kier molecular flexibility index (Phi) is 4.17. The van der Waals surface area contributed by atoms with Crippen LogP contribution in [0.15, 0.2) is 48.5 Å². The third-order valence-corrected chi connectivity index (χ3v) is 5.66. The van der Waals surface area contributed by atoms with Gasteiger partial charge in [-0.05, 0) is 44.2 Å². The minimum absolute atomic E-state index is 0.272. The van der Waals surface area contributed by atoms with E-state index in [0.717, 1.165) is 43.5 Å². The lowest BCUT2D eigenvalue weighted by Crippen LogP contribution is -2.11. The summed E-state index contributed by atoms with van der Waals surface area (Å²) in [4.78, 5) is 25.2. The summed E-state index contributed by atoms with van der Waals surface area (Å²) < 4.78 is 6.49. The fourth-order valence-corrected chi connectivity index (χ4v) is 4.27. The summed E-state index contributed by atoms with van der Waals surface area (Å²) in [7, 11) is 0. The van der Waals surface area contributed by atoms with Gasteiger partial charge in [0.2, 0.25) is 0 Å². The minimum atomic E-state index is -0.272. The average Bonchev–Trinajstić information content (AvgIpc) is 3.31.